The van der Waals surface area contributed by atoms with Crippen LogP contribution in [0.1, 0.15) is 26.7 Å². The fraction of sp³-hybridized carbons (Fsp3) is 0.483. The second-order valence-electron chi connectivity index (χ2n) is 11.2. The molecule has 0 unspecified atom stereocenters. The Bertz CT molecular complexity index is 1370. The predicted octanol–water partition coefficient (Wildman–Crippen LogP) is 4.00. The van der Waals surface area contributed by atoms with Crippen molar-refractivity contribution in [2.45, 2.75) is 44.8 Å². The second kappa shape index (κ2) is 9.58. The van der Waals surface area contributed by atoms with Crippen molar-refractivity contribution >= 4 is 28.3 Å². The minimum absolute atomic E-state index is 0.451. The van der Waals surface area contributed by atoms with E-state index in [2.05, 4.69) is 117 Å². The fourth-order valence-corrected chi connectivity index (χ4v) is 6.00. The average Bonchev–Trinajstić information content (AvgIpc) is 3.36. The molecule has 2 atom stereocenters. The molecule has 0 saturated carbocycles. The van der Waals surface area contributed by atoms with Crippen LogP contribution in [0.3, 0.4) is 0 Å². The van der Waals surface area contributed by atoms with Crippen molar-refractivity contribution in [3.8, 4) is 11.1 Å². The van der Waals surface area contributed by atoms with Crippen LogP contribution in [0.5, 0.6) is 0 Å². The maximum absolute atomic E-state index is 4.68. The van der Waals surface area contributed by atoms with Gasteiger partial charge in [-0.1, -0.05) is 18.2 Å². The average molecular weight is 499 g/mol. The molecule has 194 valence electrons. The van der Waals surface area contributed by atoms with E-state index in [1.807, 2.05) is 6.20 Å². The molecule has 0 N–H and O–H groups in total. The third-order valence-electron chi connectivity index (χ3n) is 8.61. The number of aromatic nitrogens is 4. The summed E-state index contributed by atoms with van der Waals surface area (Å²) in [6.07, 6.45) is 4.26. The van der Waals surface area contributed by atoms with Gasteiger partial charge in [0.25, 0.3) is 0 Å². The van der Waals surface area contributed by atoms with Gasteiger partial charge in [-0.05, 0) is 83.2 Å². The van der Waals surface area contributed by atoms with E-state index in [1.165, 1.54) is 29.7 Å². The molecule has 2 saturated heterocycles. The topological polar surface area (TPSA) is 56.0 Å². The van der Waals surface area contributed by atoms with E-state index in [0.717, 1.165) is 48.8 Å². The number of piperazine rings is 1. The Kier molecular flexibility index (Phi) is 6.24. The summed E-state index contributed by atoms with van der Waals surface area (Å²) in [5.41, 5.74) is 6.49. The lowest BCUT2D eigenvalue weighted by molar-refractivity contribution is 0.169. The lowest BCUT2D eigenvalue weighted by atomic mass is 10.0. The molecule has 2 aromatic heterocycles. The molecule has 4 aromatic rings. The van der Waals surface area contributed by atoms with E-state index in [1.54, 1.807) is 0 Å². The van der Waals surface area contributed by atoms with Crippen LogP contribution < -0.4 is 9.80 Å². The van der Waals surface area contributed by atoms with E-state index in [9.17, 15) is 0 Å². The summed E-state index contributed by atoms with van der Waals surface area (Å²) in [7, 11) is 6.59. The van der Waals surface area contributed by atoms with Gasteiger partial charge in [0.15, 0.2) is 5.65 Å². The summed E-state index contributed by atoms with van der Waals surface area (Å²) in [4.78, 5) is 14.4. The SMILES string of the molecule is C[C@@H]1CN(c2nnc3cnc4ccc(-c5ccc(N6CCC(N(C)C)CC6)cc5)cc4n23)C[C@H](C)N1C. The van der Waals surface area contributed by atoms with E-state index in [0.29, 0.717) is 18.1 Å². The number of rotatable bonds is 4. The largest absolute Gasteiger partial charge is 0.371 e. The molecule has 2 aromatic carbocycles. The smallest absolute Gasteiger partial charge is 0.232 e. The van der Waals surface area contributed by atoms with E-state index in [-0.39, 0.29) is 0 Å². The van der Waals surface area contributed by atoms with Crippen LogP contribution in [0.15, 0.2) is 48.7 Å². The van der Waals surface area contributed by atoms with Gasteiger partial charge in [-0.2, -0.15) is 0 Å². The van der Waals surface area contributed by atoms with Gasteiger partial charge in [0.2, 0.25) is 5.95 Å². The first-order valence-corrected chi connectivity index (χ1v) is 13.5. The summed E-state index contributed by atoms with van der Waals surface area (Å²) in [5.74, 6) is 0.905. The lowest BCUT2D eigenvalue weighted by Crippen LogP contribution is -2.55. The highest BCUT2D eigenvalue weighted by Gasteiger charge is 2.29. The van der Waals surface area contributed by atoms with Crippen LogP contribution in [-0.4, -0.2) is 94.8 Å². The van der Waals surface area contributed by atoms with Crippen molar-refractivity contribution in [1.29, 1.82) is 0 Å². The zero-order chi connectivity index (χ0) is 25.7. The molecular formula is C29H38N8. The number of benzene rings is 2. The Morgan fingerprint density at radius 3 is 2.19 bits per heavy atom. The molecule has 0 aliphatic carbocycles. The summed E-state index contributed by atoms with van der Waals surface area (Å²) in [6.45, 7) is 8.63. The molecule has 0 radical (unpaired) electrons. The van der Waals surface area contributed by atoms with E-state index >= 15 is 0 Å². The number of fused-ring (bicyclic) bond motifs is 3. The number of hydrogen-bond donors (Lipinski definition) is 0. The standard InChI is InChI=1S/C29H38N8/c1-20-18-36(19-21(2)34(20)5)29-32-31-28-17-30-26-11-8-23(16-27(26)37(28)29)22-6-9-25(10-7-22)35-14-12-24(13-15-35)33(3)4/h6-11,16-17,20-21,24H,12-15,18-19H2,1-5H3/t20-,21+. The molecule has 2 aliphatic rings. The van der Waals surface area contributed by atoms with Gasteiger partial charge < -0.3 is 14.7 Å². The zero-order valence-corrected chi connectivity index (χ0v) is 22.7. The fourth-order valence-electron chi connectivity index (χ4n) is 6.00. The minimum Gasteiger partial charge on any atom is -0.371 e. The van der Waals surface area contributed by atoms with Crippen molar-refractivity contribution < 1.29 is 0 Å². The molecule has 8 heteroatoms. The minimum atomic E-state index is 0.451. The van der Waals surface area contributed by atoms with Gasteiger partial charge in [0, 0.05) is 50.0 Å². The van der Waals surface area contributed by atoms with Gasteiger partial charge in [0.05, 0.1) is 17.2 Å². The van der Waals surface area contributed by atoms with Crippen molar-refractivity contribution in [1.82, 2.24) is 29.4 Å². The van der Waals surface area contributed by atoms with E-state index < -0.39 is 0 Å². The van der Waals surface area contributed by atoms with Crippen LogP contribution in [-0.2, 0) is 0 Å². The van der Waals surface area contributed by atoms with Crippen molar-refractivity contribution in [3.63, 3.8) is 0 Å². The summed E-state index contributed by atoms with van der Waals surface area (Å²) < 4.78 is 2.18. The Morgan fingerprint density at radius 2 is 1.51 bits per heavy atom. The second-order valence-corrected chi connectivity index (χ2v) is 11.2. The third-order valence-corrected chi connectivity index (χ3v) is 8.61. The highest BCUT2D eigenvalue weighted by Crippen LogP contribution is 2.30. The number of piperidine rings is 1. The Hall–Kier alpha value is -3.23. The maximum atomic E-state index is 4.68. The lowest BCUT2D eigenvalue weighted by Gasteiger charge is -2.42. The molecule has 37 heavy (non-hydrogen) atoms. The van der Waals surface area contributed by atoms with Crippen LogP contribution in [0.2, 0.25) is 0 Å². The van der Waals surface area contributed by atoms with Gasteiger partial charge in [-0.15, -0.1) is 10.2 Å². The molecule has 2 aliphatic heterocycles. The molecule has 0 amide bonds. The van der Waals surface area contributed by atoms with Crippen molar-refractivity contribution in [2.24, 2.45) is 0 Å². The Labute approximate surface area is 219 Å². The highest BCUT2D eigenvalue weighted by molar-refractivity contribution is 5.84. The third kappa shape index (κ3) is 4.42. The quantitative estimate of drug-likeness (QED) is 0.422. The predicted molar refractivity (Wildman–Crippen MR) is 152 cm³/mol. The number of hydrogen-bond acceptors (Lipinski definition) is 7. The summed E-state index contributed by atoms with van der Waals surface area (Å²) in [5, 5.41) is 9.10. The molecule has 2 fully saturated rings. The molecule has 0 spiro atoms. The van der Waals surface area contributed by atoms with Gasteiger partial charge in [0.1, 0.15) is 0 Å². The van der Waals surface area contributed by atoms with Gasteiger partial charge in [-0.3, -0.25) is 14.3 Å². The van der Waals surface area contributed by atoms with Crippen LogP contribution in [0.25, 0.3) is 27.8 Å². The highest BCUT2D eigenvalue weighted by atomic mass is 15.4. The van der Waals surface area contributed by atoms with Crippen molar-refractivity contribution in [3.05, 3.63) is 48.7 Å². The van der Waals surface area contributed by atoms with Crippen LogP contribution in [0.4, 0.5) is 11.6 Å². The van der Waals surface area contributed by atoms with Crippen LogP contribution in [0, 0.1) is 0 Å². The Balaban J connectivity index is 1.31. The molecule has 8 nitrogen and oxygen atoms in total. The number of likely N-dealkylation sites (N-methyl/N-ethyl adjacent to an activating group) is 1. The normalized spacial score (nSPS) is 22.0. The molecular weight excluding hydrogens is 460 g/mol. The number of anilines is 2. The van der Waals surface area contributed by atoms with Gasteiger partial charge in [-0.25, -0.2) is 0 Å². The maximum Gasteiger partial charge on any atom is 0.232 e. The van der Waals surface area contributed by atoms with Crippen molar-refractivity contribution in [2.75, 3.05) is 57.1 Å². The molecule has 0 bridgehead atoms. The van der Waals surface area contributed by atoms with Crippen LogP contribution >= 0.6 is 0 Å². The number of nitrogens with zero attached hydrogens (tertiary/aromatic N) is 8. The summed E-state index contributed by atoms with van der Waals surface area (Å²) >= 11 is 0. The van der Waals surface area contributed by atoms with E-state index in [4.69, 9.17) is 0 Å². The first-order chi connectivity index (χ1) is 17.9. The molecule has 6 rings (SSSR count). The Morgan fingerprint density at radius 1 is 0.838 bits per heavy atom. The monoisotopic (exact) mass is 498 g/mol. The van der Waals surface area contributed by atoms with Gasteiger partial charge >= 0.3 is 0 Å². The molecule has 4 heterocycles. The first-order valence-electron chi connectivity index (χ1n) is 13.5. The zero-order valence-electron chi connectivity index (χ0n) is 22.7. The summed E-state index contributed by atoms with van der Waals surface area (Å²) in [6, 6.07) is 17.2. The first kappa shape index (κ1) is 24.1.